The number of rotatable bonds is 8. The first kappa shape index (κ1) is 22.9. The lowest BCUT2D eigenvalue weighted by molar-refractivity contribution is -0.116. The third-order valence-corrected chi connectivity index (χ3v) is 5.16. The molecule has 7 nitrogen and oxygen atoms in total. The number of halogens is 1. The first-order chi connectivity index (χ1) is 16.5. The molecule has 3 aromatic carbocycles. The van der Waals surface area contributed by atoms with E-state index in [-0.39, 0.29) is 12.3 Å². The zero-order valence-corrected chi connectivity index (χ0v) is 19.0. The number of benzene rings is 3. The van der Waals surface area contributed by atoms with Gasteiger partial charge in [0, 0.05) is 35.2 Å². The van der Waals surface area contributed by atoms with Gasteiger partial charge in [-0.1, -0.05) is 11.6 Å². The Morgan fingerprint density at radius 3 is 2.56 bits per heavy atom. The van der Waals surface area contributed by atoms with E-state index in [4.69, 9.17) is 30.8 Å². The van der Waals surface area contributed by atoms with Gasteiger partial charge in [-0.2, -0.15) is 5.26 Å². The van der Waals surface area contributed by atoms with Crippen molar-refractivity contribution >= 4 is 23.2 Å². The highest BCUT2D eigenvalue weighted by Gasteiger charge is 2.11. The normalized spacial score (nSPS) is 10.4. The minimum absolute atomic E-state index is 0.159. The van der Waals surface area contributed by atoms with E-state index in [9.17, 15) is 4.79 Å². The molecule has 0 saturated carbocycles. The summed E-state index contributed by atoms with van der Waals surface area (Å²) in [6.45, 7) is 0. The smallest absolute Gasteiger partial charge is 0.224 e. The van der Waals surface area contributed by atoms with Crippen LogP contribution in [-0.4, -0.2) is 18.0 Å². The molecule has 0 aliphatic carbocycles. The maximum Gasteiger partial charge on any atom is 0.224 e. The fraction of sp³-hybridized carbons (Fsp3) is 0.115. The molecule has 0 unspecified atom stereocenters. The predicted octanol–water partition coefficient (Wildman–Crippen LogP) is 6.24. The van der Waals surface area contributed by atoms with Gasteiger partial charge in [0.1, 0.15) is 5.75 Å². The zero-order valence-electron chi connectivity index (χ0n) is 18.2. The van der Waals surface area contributed by atoms with E-state index in [1.165, 1.54) is 7.11 Å². The highest BCUT2D eigenvalue weighted by atomic mass is 35.5. The second kappa shape index (κ2) is 10.6. The number of nitriles is 1. The number of nitrogens with one attached hydrogen (secondary N) is 1. The molecule has 0 fully saturated rings. The lowest BCUT2D eigenvalue weighted by atomic mass is 10.2. The Morgan fingerprint density at radius 2 is 1.85 bits per heavy atom. The van der Waals surface area contributed by atoms with Gasteiger partial charge in [0.25, 0.3) is 0 Å². The van der Waals surface area contributed by atoms with Gasteiger partial charge in [-0.3, -0.25) is 4.79 Å². The van der Waals surface area contributed by atoms with Gasteiger partial charge in [0.05, 0.1) is 24.9 Å². The van der Waals surface area contributed by atoms with Gasteiger partial charge in [-0.15, -0.1) is 0 Å². The summed E-state index contributed by atoms with van der Waals surface area (Å²) in [7, 11) is 1.51. The summed E-state index contributed by atoms with van der Waals surface area (Å²) in [5, 5.41) is 12.5. The van der Waals surface area contributed by atoms with Crippen molar-refractivity contribution in [2.45, 2.75) is 12.8 Å². The third-order valence-electron chi connectivity index (χ3n) is 4.91. The summed E-state index contributed by atoms with van der Waals surface area (Å²) >= 11 is 5.91. The van der Waals surface area contributed by atoms with Crippen LogP contribution in [0.3, 0.4) is 0 Å². The summed E-state index contributed by atoms with van der Waals surface area (Å²) in [5.41, 5.74) is 1.99. The molecule has 0 bridgehead atoms. The molecule has 34 heavy (non-hydrogen) atoms. The first-order valence-corrected chi connectivity index (χ1v) is 10.8. The third kappa shape index (κ3) is 5.74. The van der Waals surface area contributed by atoms with Crippen molar-refractivity contribution in [2.24, 2.45) is 0 Å². The van der Waals surface area contributed by atoms with Gasteiger partial charge in [-0.05, 0) is 60.7 Å². The number of oxazole rings is 1. The van der Waals surface area contributed by atoms with Gasteiger partial charge in [-0.25, -0.2) is 4.98 Å². The number of amides is 1. The van der Waals surface area contributed by atoms with Gasteiger partial charge < -0.3 is 19.2 Å². The molecule has 1 heterocycles. The van der Waals surface area contributed by atoms with Crippen molar-refractivity contribution in [3.63, 3.8) is 0 Å². The lowest BCUT2D eigenvalue weighted by Crippen LogP contribution is -2.12. The predicted molar refractivity (Wildman–Crippen MR) is 128 cm³/mol. The molecule has 0 aliphatic heterocycles. The van der Waals surface area contributed by atoms with E-state index in [1.807, 2.05) is 12.1 Å². The van der Waals surface area contributed by atoms with E-state index in [1.54, 1.807) is 60.8 Å². The Hall–Kier alpha value is -4.28. The lowest BCUT2D eigenvalue weighted by Gasteiger charge is -2.11. The van der Waals surface area contributed by atoms with Gasteiger partial charge >= 0.3 is 0 Å². The average Bonchev–Trinajstić information content (AvgIpc) is 3.34. The topological polar surface area (TPSA) is 97.4 Å². The number of nitrogens with zero attached hydrogens (tertiary/aromatic N) is 2. The minimum atomic E-state index is -0.159. The number of ether oxygens (including phenoxy) is 2. The summed E-state index contributed by atoms with van der Waals surface area (Å²) < 4.78 is 16.9. The summed E-state index contributed by atoms with van der Waals surface area (Å²) in [6.07, 6.45) is 2.23. The van der Waals surface area contributed by atoms with Gasteiger partial charge in [0.2, 0.25) is 5.91 Å². The standard InChI is InChI=1S/C26H20ClN3O4/c1-32-23-14-17(15-28)2-11-22(23)33-21-9-7-20(8-10-21)30-25(31)12-13-26-29-16-24(34-26)18-3-5-19(27)6-4-18/h2-11,14,16H,12-13H2,1H3,(H,30,31). The number of carbonyl (C=O) groups is 1. The quantitative estimate of drug-likeness (QED) is 0.325. The fourth-order valence-electron chi connectivity index (χ4n) is 3.17. The van der Waals surface area contributed by atoms with Crippen molar-refractivity contribution in [3.05, 3.63) is 89.4 Å². The van der Waals surface area contributed by atoms with Crippen molar-refractivity contribution in [3.8, 4) is 34.6 Å². The Morgan fingerprint density at radius 1 is 1.09 bits per heavy atom. The molecule has 0 spiro atoms. The number of aromatic nitrogens is 1. The molecule has 4 aromatic rings. The molecule has 170 valence electrons. The minimum Gasteiger partial charge on any atom is -0.493 e. The number of hydrogen-bond donors (Lipinski definition) is 1. The summed E-state index contributed by atoms with van der Waals surface area (Å²) in [4.78, 5) is 16.6. The van der Waals surface area contributed by atoms with E-state index in [2.05, 4.69) is 16.4 Å². The molecule has 1 N–H and O–H groups in total. The molecule has 0 atom stereocenters. The molecule has 1 aromatic heterocycles. The van der Waals surface area contributed by atoms with Crippen LogP contribution >= 0.6 is 11.6 Å². The Kier molecular flexibility index (Phi) is 7.11. The van der Waals surface area contributed by atoms with Crippen molar-refractivity contribution < 1.29 is 18.7 Å². The van der Waals surface area contributed by atoms with E-state index in [0.717, 1.165) is 5.56 Å². The maximum atomic E-state index is 12.4. The highest BCUT2D eigenvalue weighted by Crippen LogP contribution is 2.32. The Balaban J connectivity index is 1.30. The van der Waals surface area contributed by atoms with Crippen LogP contribution in [-0.2, 0) is 11.2 Å². The van der Waals surface area contributed by atoms with Crippen LogP contribution in [0, 0.1) is 11.3 Å². The average molecular weight is 474 g/mol. The van der Waals surface area contributed by atoms with Crippen LogP contribution in [0.5, 0.6) is 17.2 Å². The number of anilines is 1. The molecular formula is C26H20ClN3O4. The van der Waals surface area contributed by atoms with Crippen molar-refractivity contribution in [1.29, 1.82) is 5.26 Å². The van der Waals surface area contributed by atoms with E-state index >= 15 is 0 Å². The SMILES string of the molecule is COc1cc(C#N)ccc1Oc1ccc(NC(=O)CCc2ncc(-c3ccc(Cl)cc3)o2)cc1. The first-order valence-electron chi connectivity index (χ1n) is 10.4. The Bertz CT molecular complexity index is 1330. The Labute approximate surface area is 201 Å². The molecule has 1 amide bonds. The van der Waals surface area contributed by atoms with Crippen LogP contribution in [0.15, 0.2) is 77.3 Å². The second-order valence-corrected chi connectivity index (χ2v) is 7.71. The largest absolute Gasteiger partial charge is 0.493 e. The molecular weight excluding hydrogens is 454 g/mol. The molecule has 8 heteroatoms. The number of carbonyl (C=O) groups excluding carboxylic acids is 1. The molecule has 0 radical (unpaired) electrons. The van der Waals surface area contributed by atoms with Crippen LogP contribution in [0.1, 0.15) is 17.9 Å². The number of aryl methyl sites for hydroxylation is 1. The number of methoxy groups -OCH3 is 1. The number of hydrogen-bond acceptors (Lipinski definition) is 6. The van der Waals surface area contributed by atoms with Crippen molar-refractivity contribution in [1.82, 2.24) is 4.98 Å². The van der Waals surface area contributed by atoms with Crippen LogP contribution in [0.4, 0.5) is 5.69 Å². The summed E-state index contributed by atoms with van der Waals surface area (Å²) in [6, 6.07) is 21.2. The highest BCUT2D eigenvalue weighted by molar-refractivity contribution is 6.30. The second-order valence-electron chi connectivity index (χ2n) is 7.28. The van der Waals surface area contributed by atoms with Crippen LogP contribution < -0.4 is 14.8 Å². The van der Waals surface area contributed by atoms with Crippen LogP contribution in [0.2, 0.25) is 5.02 Å². The van der Waals surface area contributed by atoms with Crippen LogP contribution in [0.25, 0.3) is 11.3 Å². The maximum absolute atomic E-state index is 12.4. The molecule has 4 rings (SSSR count). The zero-order chi connectivity index (χ0) is 23.9. The van der Waals surface area contributed by atoms with E-state index < -0.39 is 0 Å². The van der Waals surface area contributed by atoms with Crippen molar-refractivity contribution in [2.75, 3.05) is 12.4 Å². The van der Waals surface area contributed by atoms with E-state index in [0.29, 0.717) is 51.6 Å². The fourth-order valence-corrected chi connectivity index (χ4v) is 3.30. The molecule has 0 aliphatic rings. The molecule has 0 saturated heterocycles. The summed E-state index contributed by atoms with van der Waals surface area (Å²) in [5.74, 6) is 2.47. The van der Waals surface area contributed by atoms with Gasteiger partial charge in [0.15, 0.2) is 23.1 Å². The monoisotopic (exact) mass is 473 g/mol.